The molecule has 0 spiro atoms. The molecule has 0 fully saturated rings. The van der Waals surface area contributed by atoms with Crippen LogP contribution in [0.25, 0.3) is 0 Å². The summed E-state index contributed by atoms with van der Waals surface area (Å²) in [5.41, 5.74) is 7.21. The third kappa shape index (κ3) is 2.37. The number of carbonyl (C=O) groups excluding carboxylic acids is 1. The van der Waals surface area contributed by atoms with E-state index in [1.165, 1.54) is 12.6 Å². The SMILES string of the molecule is COC(=O)C(N)/C(C)=C\Cl. The Balaban J connectivity index is 4.08. The molecular weight excluding hydrogens is 154 g/mol. The Kier molecular flexibility index (Phi) is 4.07. The first-order valence-corrected chi connectivity index (χ1v) is 3.17. The first-order valence-electron chi connectivity index (χ1n) is 2.73. The fraction of sp³-hybridized carbons (Fsp3) is 0.500. The van der Waals surface area contributed by atoms with Crippen molar-refractivity contribution in [2.45, 2.75) is 13.0 Å². The van der Waals surface area contributed by atoms with E-state index < -0.39 is 12.0 Å². The van der Waals surface area contributed by atoms with E-state index >= 15 is 0 Å². The molecule has 58 valence electrons. The highest BCUT2D eigenvalue weighted by Crippen LogP contribution is 2.01. The summed E-state index contributed by atoms with van der Waals surface area (Å²) in [5, 5.41) is 0. The molecule has 0 saturated heterocycles. The van der Waals surface area contributed by atoms with Crippen LogP contribution in [0.15, 0.2) is 11.1 Å². The zero-order chi connectivity index (χ0) is 8.15. The van der Waals surface area contributed by atoms with E-state index in [0.29, 0.717) is 5.57 Å². The molecule has 0 saturated carbocycles. The Bertz CT molecular complexity index is 156. The molecule has 0 aromatic carbocycles. The standard InChI is InChI=1S/C6H10ClNO2/c1-4(3-7)5(8)6(9)10-2/h3,5H,8H2,1-2H3/b4-3-. The van der Waals surface area contributed by atoms with Gasteiger partial charge in [0, 0.05) is 5.54 Å². The average molecular weight is 164 g/mol. The molecule has 0 rings (SSSR count). The third-order valence-electron chi connectivity index (χ3n) is 1.12. The Morgan fingerprint density at radius 2 is 2.30 bits per heavy atom. The Hall–Kier alpha value is -0.540. The molecule has 1 atom stereocenters. The molecule has 0 radical (unpaired) electrons. The van der Waals surface area contributed by atoms with Gasteiger partial charge in [-0.25, -0.2) is 0 Å². The van der Waals surface area contributed by atoms with Gasteiger partial charge in [-0.3, -0.25) is 4.79 Å². The molecule has 0 aliphatic rings. The number of esters is 1. The van der Waals surface area contributed by atoms with Crippen LogP contribution in [-0.2, 0) is 9.53 Å². The predicted octanol–water partition coefficient (Wildman–Crippen LogP) is 0.629. The number of methoxy groups -OCH3 is 1. The lowest BCUT2D eigenvalue weighted by atomic mass is 10.2. The first kappa shape index (κ1) is 9.46. The van der Waals surface area contributed by atoms with E-state index in [1.807, 2.05) is 0 Å². The minimum Gasteiger partial charge on any atom is -0.468 e. The molecule has 3 nitrogen and oxygen atoms in total. The minimum atomic E-state index is -0.734. The lowest BCUT2D eigenvalue weighted by Gasteiger charge is -2.07. The monoisotopic (exact) mass is 163 g/mol. The molecule has 4 heteroatoms. The molecule has 0 aromatic heterocycles. The second-order valence-electron chi connectivity index (χ2n) is 1.85. The summed E-state index contributed by atoms with van der Waals surface area (Å²) < 4.78 is 4.37. The maximum absolute atomic E-state index is 10.7. The van der Waals surface area contributed by atoms with Crippen molar-refractivity contribution in [3.63, 3.8) is 0 Å². The maximum Gasteiger partial charge on any atom is 0.326 e. The molecule has 2 N–H and O–H groups in total. The number of nitrogens with two attached hydrogens (primary N) is 1. The van der Waals surface area contributed by atoms with E-state index in [0.717, 1.165) is 0 Å². The zero-order valence-electron chi connectivity index (χ0n) is 5.93. The highest BCUT2D eigenvalue weighted by Gasteiger charge is 2.14. The highest BCUT2D eigenvalue weighted by atomic mass is 35.5. The highest BCUT2D eigenvalue weighted by molar-refractivity contribution is 6.25. The first-order chi connectivity index (χ1) is 4.63. The van der Waals surface area contributed by atoms with Crippen molar-refractivity contribution in [1.82, 2.24) is 0 Å². The molecule has 0 heterocycles. The lowest BCUT2D eigenvalue weighted by molar-refractivity contribution is -0.141. The topological polar surface area (TPSA) is 52.3 Å². The summed E-state index contributed by atoms with van der Waals surface area (Å²) in [7, 11) is 1.28. The number of ether oxygens (including phenoxy) is 1. The van der Waals surface area contributed by atoms with Crippen molar-refractivity contribution in [3.8, 4) is 0 Å². The molecule has 0 aliphatic heterocycles. The van der Waals surface area contributed by atoms with Crippen LogP contribution in [0.2, 0.25) is 0 Å². The number of hydrogen-bond donors (Lipinski definition) is 1. The van der Waals surface area contributed by atoms with Gasteiger partial charge >= 0.3 is 5.97 Å². The summed E-state index contributed by atoms with van der Waals surface area (Å²) in [5.74, 6) is -0.477. The van der Waals surface area contributed by atoms with E-state index in [4.69, 9.17) is 17.3 Å². The van der Waals surface area contributed by atoms with Gasteiger partial charge < -0.3 is 10.5 Å². The summed E-state index contributed by atoms with van der Waals surface area (Å²) in [6.07, 6.45) is 0. The van der Waals surface area contributed by atoms with Crippen molar-refractivity contribution in [2.24, 2.45) is 5.73 Å². The van der Waals surface area contributed by atoms with Crippen LogP contribution < -0.4 is 5.73 Å². The van der Waals surface area contributed by atoms with E-state index in [1.54, 1.807) is 6.92 Å². The number of hydrogen-bond acceptors (Lipinski definition) is 3. The van der Waals surface area contributed by atoms with Gasteiger partial charge in [-0.2, -0.15) is 0 Å². The van der Waals surface area contributed by atoms with Crippen LogP contribution in [0.1, 0.15) is 6.92 Å². The van der Waals surface area contributed by atoms with Gasteiger partial charge in [0.25, 0.3) is 0 Å². The van der Waals surface area contributed by atoms with Crippen molar-refractivity contribution < 1.29 is 9.53 Å². The number of rotatable bonds is 2. The Morgan fingerprint density at radius 1 is 1.80 bits per heavy atom. The molecule has 0 bridgehead atoms. The van der Waals surface area contributed by atoms with Crippen LogP contribution in [0.3, 0.4) is 0 Å². The van der Waals surface area contributed by atoms with Crippen LogP contribution >= 0.6 is 11.6 Å². The molecule has 0 aromatic rings. The van der Waals surface area contributed by atoms with E-state index in [2.05, 4.69) is 4.74 Å². The maximum atomic E-state index is 10.7. The third-order valence-corrected chi connectivity index (χ3v) is 1.46. The molecule has 10 heavy (non-hydrogen) atoms. The van der Waals surface area contributed by atoms with Crippen LogP contribution in [-0.4, -0.2) is 19.1 Å². The van der Waals surface area contributed by atoms with Gasteiger partial charge in [0.1, 0.15) is 6.04 Å². The number of halogens is 1. The van der Waals surface area contributed by atoms with Crippen molar-refractivity contribution in [1.29, 1.82) is 0 Å². The summed E-state index contributed by atoms with van der Waals surface area (Å²) in [6.45, 7) is 1.66. The Morgan fingerprint density at radius 3 is 2.60 bits per heavy atom. The normalized spacial score (nSPS) is 14.6. The summed E-state index contributed by atoms with van der Waals surface area (Å²) in [6, 6.07) is -0.734. The molecule has 0 aliphatic carbocycles. The molecular formula is C6H10ClNO2. The van der Waals surface area contributed by atoms with Gasteiger partial charge in [-0.05, 0) is 12.5 Å². The van der Waals surface area contributed by atoms with Gasteiger partial charge in [-0.15, -0.1) is 0 Å². The second-order valence-corrected chi connectivity index (χ2v) is 2.07. The second kappa shape index (κ2) is 4.30. The van der Waals surface area contributed by atoms with Gasteiger partial charge in [0.05, 0.1) is 7.11 Å². The molecule has 0 amide bonds. The smallest absolute Gasteiger partial charge is 0.326 e. The quantitative estimate of drug-likeness (QED) is 0.608. The Labute approximate surface area is 64.8 Å². The van der Waals surface area contributed by atoms with Crippen molar-refractivity contribution >= 4 is 17.6 Å². The largest absolute Gasteiger partial charge is 0.468 e. The fourth-order valence-electron chi connectivity index (χ4n) is 0.381. The van der Waals surface area contributed by atoms with Crippen LogP contribution in [0, 0.1) is 0 Å². The number of carbonyl (C=O) groups is 1. The van der Waals surface area contributed by atoms with E-state index in [9.17, 15) is 4.79 Å². The predicted molar refractivity (Wildman–Crippen MR) is 39.6 cm³/mol. The zero-order valence-corrected chi connectivity index (χ0v) is 6.68. The summed E-state index contributed by atoms with van der Waals surface area (Å²) in [4.78, 5) is 10.7. The van der Waals surface area contributed by atoms with Gasteiger partial charge in [0.15, 0.2) is 0 Å². The van der Waals surface area contributed by atoms with Gasteiger partial charge in [0.2, 0.25) is 0 Å². The average Bonchev–Trinajstić information content (AvgIpc) is 2.00. The fourth-order valence-corrected chi connectivity index (χ4v) is 0.516. The van der Waals surface area contributed by atoms with Crippen molar-refractivity contribution in [2.75, 3.05) is 7.11 Å². The lowest BCUT2D eigenvalue weighted by Crippen LogP contribution is -2.32. The van der Waals surface area contributed by atoms with Crippen molar-refractivity contribution in [3.05, 3.63) is 11.1 Å². The minimum absolute atomic E-state index is 0.477. The van der Waals surface area contributed by atoms with Crippen LogP contribution in [0.5, 0.6) is 0 Å². The summed E-state index contributed by atoms with van der Waals surface area (Å²) >= 11 is 5.30. The van der Waals surface area contributed by atoms with Gasteiger partial charge in [-0.1, -0.05) is 11.6 Å². The van der Waals surface area contributed by atoms with E-state index in [-0.39, 0.29) is 0 Å². The van der Waals surface area contributed by atoms with Crippen LogP contribution in [0.4, 0.5) is 0 Å². The molecule has 1 unspecified atom stereocenters.